The van der Waals surface area contributed by atoms with Crippen molar-refractivity contribution < 1.29 is 13.9 Å². The zero-order valence-corrected chi connectivity index (χ0v) is 16.1. The van der Waals surface area contributed by atoms with Crippen LogP contribution in [0.5, 0.6) is 11.5 Å². The first kappa shape index (κ1) is 19.9. The number of carbonyl (C=O) groups excluding carboxylic acids is 1. The van der Waals surface area contributed by atoms with Crippen LogP contribution in [0.25, 0.3) is 11.3 Å². The number of benzene rings is 2. The highest BCUT2D eigenvalue weighted by Crippen LogP contribution is 2.32. The number of rotatable bonds is 5. The lowest BCUT2D eigenvalue weighted by molar-refractivity contribution is 0.0996. The van der Waals surface area contributed by atoms with Gasteiger partial charge in [0.25, 0.3) is 5.91 Å². The van der Waals surface area contributed by atoms with Crippen molar-refractivity contribution in [1.29, 1.82) is 0 Å². The number of piperidine rings is 1. The number of nitrogens with one attached hydrogen (secondary N) is 1. The predicted octanol–water partition coefficient (Wildman–Crippen LogP) is 4.12. The number of halogens is 1. The van der Waals surface area contributed by atoms with Crippen molar-refractivity contribution in [3.8, 4) is 22.8 Å². The minimum absolute atomic E-state index is 0. The van der Waals surface area contributed by atoms with Gasteiger partial charge in [-0.3, -0.25) is 4.79 Å². The fourth-order valence-electron chi connectivity index (χ4n) is 3.24. The summed E-state index contributed by atoms with van der Waals surface area (Å²) in [6, 6.07) is 16.9. The zero-order valence-electron chi connectivity index (χ0n) is 15.3. The molecule has 0 aliphatic carbocycles. The van der Waals surface area contributed by atoms with Crippen molar-refractivity contribution in [2.75, 3.05) is 13.1 Å². The van der Waals surface area contributed by atoms with Gasteiger partial charge in [0.2, 0.25) is 0 Å². The second-order valence-corrected chi connectivity index (χ2v) is 6.58. The van der Waals surface area contributed by atoms with Gasteiger partial charge in [-0.25, -0.2) is 4.98 Å². The lowest BCUT2D eigenvalue weighted by Crippen LogP contribution is -2.28. The van der Waals surface area contributed by atoms with Crippen molar-refractivity contribution in [2.24, 2.45) is 5.73 Å². The van der Waals surface area contributed by atoms with Gasteiger partial charge in [-0.1, -0.05) is 18.2 Å². The summed E-state index contributed by atoms with van der Waals surface area (Å²) in [5.41, 5.74) is 6.44. The Morgan fingerprint density at radius 1 is 1.11 bits per heavy atom. The molecule has 1 aliphatic heterocycles. The number of ether oxygens (including phenoxy) is 1. The van der Waals surface area contributed by atoms with Gasteiger partial charge < -0.3 is 20.2 Å². The molecule has 0 radical (unpaired) electrons. The summed E-state index contributed by atoms with van der Waals surface area (Å²) in [6.45, 7) is 1.79. The van der Waals surface area contributed by atoms with E-state index >= 15 is 0 Å². The molecule has 146 valence electrons. The summed E-state index contributed by atoms with van der Waals surface area (Å²) in [5.74, 6) is 2.00. The maximum absolute atomic E-state index is 11.9. The number of hydrogen-bond acceptors (Lipinski definition) is 5. The van der Waals surface area contributed by atoms with Crippen LogP contribution in [-0.2, 0) is 0 Å². The van der Waals surface area contributed by atoms with E-state index in [1.807, 2.05) is 54.6 Å². The van der Waals surface area contributed by atoms with Crippen LogP contribution in [0.4, 0.5) is 0 Å². The van der Waals surface area contributed by atoms with Crippen LogP contribution in [0.1, 0.15) is 35.1 Å². The average molecular weight is 400 g/mol. The number of para-hydroxylation sites is 1. The van der Waals surface area contributed by atoms with Crippen LogP contribution in [-0.4, -0.2) is 24.0 Å². The summed E-state index contributed by atoms with van der Waals surface area (Å²) in [6.07, 6.45) is 2.04. The van der Waals surface area contributed by atoms with Gasteiger partial charge in [0.05, 0.1) is 0 Å². The number of nitrogens with two attached hydrogens (primary N) is 1. The number of oxazole rings is 1. The molecule has 0 spiro atoms. The smallest absolute Gasteiger partial charge is 0.271 e. The van der Waals surface area contributed by atoms with Crippen LogP contribution in [0.15, 0.2) is 59.0 Å². The van der Waals surface area contributed by atoms with E-state index in [-0.39, 0.29) is 24.0 Å². The van der Waals surface area contributed by atoms with Gasteiger partial charge in [-0.2, -0.15) is 0 Å². The maximum atomic E-state index is 11.9. The molecule has 2 heterocycles. The number of aromatic nitrogens is 1. The summed E-state index contributed by atoms with van der Waals surface area (Å²) in [5, 5.41) is 3.33. The predicted molar refractivity (Wildman–Crippen MR) is 109 cm³/mol. The Labute approximate surface area is 169 Å². The molecule has 1 aromatic heterocycles. The van der Waals surface area contributed by atoms with Crippen molar-refractivity contribution >= 4 is 18.3 Å². The zero-order chi connectivity index (χ0) is 18.6. The minimum atomic E-state index is -0.589. The minimum Gasteiger partial charge on any atom is -0.457 e. The van der Waals surface area contributed by atoms with E-state index in [1.54, 1.807) is 0 Å². The van der Waals surface area contributed by atoms with Crippen molar-refractivity contribution in [3.63, 3.8) is 0 Å². The van der Waals surface area contributed by atoms with Crippen LogP contribution >= 0.6 is 12.4 Å². The molecule has 1 unspecified atom stereocenters. The lowest BCUT2D eigenvalue weighted by Gasteiger charge is -2.19. The van der Waals surface area contributed by atoms with Gasteiger partial charge in [0.1, 0.15) is 11.5 Å². The Morgan fingerprint density at radius 3 is 2.46 bits per heavy atom. The highest BCUT2D eigenvalue weighted by atomic mass is 35.5. The van der Waals surface area contributed by atoms with Gasteiger partial charge in [-0.15, -0.1) is 12.4 Å². The fourth-order valence-corrected chi connectivity index (χ4v) is 3.24. The number of hydrogen-bond donors (Lipinski definition) is 2. The van der Waals surface area contributed by atoms with E-state index in [4.69, 9.17) is 14.9 Å². The molecule has 1 aliphatic rings. The highest BCUT2D eigenvalue weighted by Gasteiger charge is 2.25. The van der Waals surface area contributed by atoms with Crippen LogP contribution in [0, 0.1) is 0 Å². The fraction of sp³-hybridized carbons (Fsp3) is 0.238. The van der Waals surface area contributed by atoms with Crippen molar-refractivity contribution in [1.82, 2.24) is 10.3 Å². The standard InChI is InChI=1S/C21H21N3O3.ClH/c22-20(25)18-19(27-21(24-18)15-5-4-12-23-13-15)14-8-10-17(11-9-14)26-16-6-2-1-3-7-16;/h1-3,6-11,15,23H,4-5,12-13H2,(H2,22,25);1H. The molecule has 0 saturated carbocycles. The Morgan fingerprint density at radius 2 is 1.82 bits per heavy atom. The highest BCUT2D eigenvalue weighted by molar-refractivity contribution is 5.96. The Kier molecular flexibility index (Phi) is 6.34. The molecule has 7 heteroatoms. The third-order valence-electron chi connectivity index (χ3n) is 4.62. The summed E-state index contributed by atoms with van der Waals surface area (Å²) < 4.78 is 11.8. The van der Waals surface area contributed by atoms with Crippen LogP contribution in [0.2, 0.25) is 0 Å². The van der Waals surface area contributed by atoms with Gasteiger partial charge in [0.15, 0.2) is 17.3 Å². The normalized spacial score (nSPS) is 16.2. The molecule has 6 nitrogen and oxygen atoms in total. The van der Waals surface area contributed by atoms with Crippen LogP contribution < -0.4 is 15.8 Å². The molecule has 2 aromatic carbocycles. The van der Waals surface area contributed by atoms with E-state index in [0.717, 1.165) is 37.2 Å². The number of primary amides is 1. The molecular weight excluding hydrogens is 378 g/mol. The van der Waals surface area contributed by atoms with Gasteiger partial charge >= 0.3 is 0 Å². The topological polar surface area (TPSA) is 90.4 Å². The maximum Gasteiger partial charge on any atom is 0.271 e. The first-order chi connectivity index (χ1) is 13.2. The van der Waals surface area contributed by atoms with E-state index in [9.17, 15) is 4.79 Å². The first-order valence-electron chi connectivity index (χ1n) is 9.05. The van der Waals surface area contributed by atoms with E-state index < -0.39 is 5.91 Å². The third kappa shape index (κ3) is 4.35. The van der Waals surface area contributed by atoms with E-state index in [1.165, 1.54) is 0 Å². The monoisotopic (exact) mass is 399 g/mol. The van der Waals surface area contributed by atoms with Gasteiger partial charge in [0, 0.05) is 18.0 Å². The first-order valence-corrected chi connectivity index (χ1v) is 9.05. The largest absolute Gasteiger partial charge is 0.457 e. The van der Waals surface area contributed by atoms with Crippen molar-refractivity contribution in [2.45, 2.75) is 18.8 Å². The molecule has 1 atom stereocenters. The molecule has 4 rings (SSSR count). The molecule has 1 saturated heterocycles. The Bertz CT molecular complexity index is 920. The van der Waals surface area contributed by atoms with Crippen LogP contribution in [0.3, 0.4) is 0 Å². The van der Waals surface area contributed by atoms with E-state index in [0.29, 0.717) is 17.4 Å². The second-order valence-electron chi connectivity index (χ2n) is 6.58. The molecule has 3 aromatic rings. The molecular formula is C21H22ClN3O3. The quantitative estimate of drug-likeness (QED) is 0.673. The number of carbonyl (C=O) groups is 1. The molecule has 1 amide bonds. The lowest BCUT2D eigenvalue weighted by atomic mass is 10.00. The Hall–Kier alpha value is -2.83. The van der Waals surface area contributed by atoms with E-state index in [2.05, 4.69) is 10.3 Å². The number of amides is 1. The summed E-state index contributed by atoms with van der Waals surface area (Å²) >= 11 is 0. The molecule has 3 N–H and O–H groups in total. The average Bonchev–Trinajstić information content (AvgIpc) is 3.16. The van der Waals surface area contributed by atoms with Crippen molar-refractivity contribution in [3.05, 3.63) is 66.2 Å². The van der Waals surface area contributed by atoms with Gasteiger partial charge in [-0.05, 0) is 55.8 Å². The summed E-state index contributed by atoms with van der Waals surface area (Å²) in [4.78, 5) is 16.2. The number of nitrogens with zero attached hydrogens (tertiary/aromatic N) is 1. The summed E-state index contributed by atoms with van der Waals surface area (Å²) in [7, 11) is 0. The SMILES string of the molecule is Cl.NC(=O)c1nc(C2CCCNC2)oc1-c1ccc(Oc2ccccc2)cc1. The third-order valence-corrected chi connectivity index (χ3v) is 4.62. The molecule has 1 fully saturated rings. The molecule has 0 bridgehead atoms. The second kappa shape index (κ2) is 8.91. The Balaban J connectivity index is 0.00000225. The molecule has 28 heavy (non-hydrogen) atoms.